The Bertz CT molecular complexity index is 1050. The van der Waals surface area contributed by atoms with Gasteiger partial charge in [0.25, 0.3) is 0 Å². The molecular weight excluding hydrogens is 368 g/mol. The smallest absolute Gasteiger partial charge is 0.242 e. The Balaban J connectivity index is 1.76. The largest absolute Gasteiger partial charge is 0.395 e. The molecule has 0 saturated carbocycles. The first-order valence-corrected chi connectivity index (χ1v) is 9.36. The Morgan fingerprint density at radius 2 is 1.79 bits per heavy atom. The van der Waals surface area contributed by atoms with E-state index in [1.807, 2.05) is 39.0 Å². The van der Waals surface area contributed by atoms with Gasteiger partial charge in [-0.25, -0.2) is 19.9 Å². The van der Waals surface area contributed by atoms with Crippen LogP contribution >= 0.6 is 0 Å². The lowest BCUT2D eigenvalue weighted by molar-refractivity contribution is -0.121. The number of fused-ring (bicyclic) bond motifs is 1. The number of nitrogens with zero attached hydrogens (tertiary/aromatic N) is 5. The fraction of sp³-hybridized carbons (Fsp3) is 0.286. The van der Waals surface area contributed by atoms with Crippen LogP contribution < -0.4 is 10.2 Å². The molecule has 0 unspecified atom stereocenters. The number of rotatable bonds is 5. The summed E-state index contributed by atoms with van der Waals surface area (Å²) in [5.41, 5.74) is 2.85. The number of hydrogen-bond acceptors (Lipinski definition) is 7. The van der Waals surface area contributed by atoms with Gasteiger partial charge in [-0.1, -0.05) is 12.1 Å². The maximum Gasteiger partial charge on any atom is 0.242 e. The van der Waals surface area contributed by atoms with E-state index in [-0.39, 0.29) is 12.5 Å². The average molecular weight is 390 g/mol. The molecule has 1 aliphatic rings. The molecule has 0 aliphatic carbocycles. The molecule has 3 heterocycles. The van der Waals surface area contributed by atoms with Gasteiger partial charge in [-0.3, -0.25) is 9.69 Å². The number of anilines is 3. The van der Waals surface area contributed by atoms with Crippen LogP contribution in [0.3, 0.4) is 0 Å². The Kier molecular flexibility index (Phi) is 4.71. The topological polar surface area (TPSA) is 104 Å². The average Bonchev–Trinajstić information content (AvgIpc) is 2.93. The van der Waals surface area contributed by atoms with Crippen molar-refractivity contribution in [2.24, 2.45) is 0 Å². The van der Waals surface area contributed by atoms with E-state index in [4.69, 9.17) is 5.11 Å². The zero-order valence-corrected chi connectivity index (χ0v) is 16.5. The first-order chi connectivity index (χ1) is 13.9. The fourth-order valence-electron chi connectivity index (χ4n) is 3.41. The quantitative estimate of drug-likeness (QED) is 0.690. The Labute approximate surface area is 168 Å². The minimum atomic E-state index is -0.673. The van der Waals surface area contributed by atoms with Gasteiger partial charge >= 0.3 is 0 Å². The number of hydrogen-bond donors (Lipinski definition) is 2. The summed E-state index contributed by atoms with van der Waals surface area (Å²) in [6, 6.07) is 5.93. The first kappa shape index (κ1) is 18.9. The second-order valence-electron chi connectivity index (χ2n) is 7.43. The molecule has 3 aromatic rings. The van der Waals surface area contributed by atoms with E-state index in [2.05, 4.69) is 25.3 Å². The van der Waals surface area contributed by atoms with Crippen LogP contribution in [-0.4, -0.2) is 44.1 Å². The summed E-state index contributed by atoms with van der Waals surface area (Å²) in [7, 11) is 0. The summed E-state index contributed by atoms with van der Waals surface area (Å²) in [5.74, 6) is 1.64. The van der Waals surface area contributed by atoms with Crippen molar-refractivity contribution in [2.45, 2.75) is 26.2 Å². The first-order valence-electron chi connectivity index (χ1n) is 9.36. The molecule has 29 heavy (non-hydrogen) atoms. The standard InChI is InChI=1S/C21H22N6O2/c1-13-23-9-15(10-24-13)14-4-5-16-17(8-14)27(20(29)21(16,2)3)19-12-25-18(11-26-19)22-6-7-28/h4-5,8-12,28H,6-7H2,1-3H3,(H,22,25). The van der Waals surface area contributed by atoms with Gasteiger partial charge < -0.3 is 10.4 Å². The highest BCUT2D eigenvalue weighted by molar-refractivity contribution is 6.12. The van der Waals surface area contributed by atoms with Gasteiger partial charge in [-0.2, -0.15) is 0 Å². The van der Waals surface area contributed by atoms with E-state index < -0.39 is 5.41 Å². The molecule has 148 valence electrons. The molecule has 1 aliphatic heterocycles. The van der Waals surface area contributed by atoms with Gasteiger partial charge in [0.15, 0.2) is 5.82 Å². The lowest BCUT2D eigenvalue weighted by Crippen LogP contribution is -2.33. The van der Waals surface area contributed by atoms with Crippen molar-refractivity contribution in [3.8, 4) is 11.1 Å². The highest BCUT2D eigenvalue weighted by atomic mass is 16.3. The minimum absolute atomic E-state index is 0.00110. The van der Waals surface area contributed by atoms with Crippen LogP contribution in [0.2, 0.25) is 0 Å². The van der Waals surface area contributed by atoms with E-state index in [1.54, 1.807) is 29.7 Å². The summed E-state index contributed by atoms with van der Waals surface area (Å²) in [6.45, 7) is 6.05. The van der Waals surface area contributed by atoms with E-state index >= 15 is 0 Å². The van der Waals surface area contributed by atoms with Gasteiger partial charge in [0.2, 0.25) is 5.91 Å². The molecule has 2 N–H and O–H groups in total. The molecule has 4 rings (SSSR count). The van der Waals surface area contributed by atoms with Gasteiger partial charge in [0.05, 0.1) is 30.1 Å². The van der Waals surface area contributed by atoms with Crippen molar-refractivity contribution in [3.05, 3.63) is 54.4 Å². The van der Waals surface area contributed by atoms with Crippen molar-refractivity contribution in [2.75, 3.05) is 23.4 Å². The lowest BCUT2D eigenvalue weighted by Gasteiger charge is -2.19. The Morgan fingerprint density at radius 3 is 2.45 bits per heavy atom. The van der Waals surface area contributed by atoms with Crippen molar-refractivity contribution in [1.82, 2.24) is 19.9 Å². The number of benzene rings is 1. The predicted octanol–water partition coefficient (Wildman–Crippen LogP) is 2.60. The van der Waals surface area contributed by atoms with E-state index in [1.165, 1.54) is 0 Å². The zero-order valence-electron chi connectivity index (χ0n) is 16.5. The lowest BCUT2D eigenvalue weighted by atomic mass is 9.85. The van der Waals surface area contributed by atoms with Crippen LogP contribution in [-0.2, 0) is 10.2 Å². The van der Waals surface area contributed by atoms with Crippen LogP contribution in [0.5, 0.6) is 0 Å². The molecule has 0 fully saturated rings. The van der Waals surface area contributed by atoms with Crippen LogP contribution in [0.25, 0.3) is 11.1 Å². The summed E-state index contributed by atoms with van der Waals surface area (Å²) in [6.07, 6.45) is 6.67. The Morgan fingerprint density at radius 1 is 1.03 bits per heavy atom. The monoisotopic (exact) mass is 390 g/mol. The predicted molar refractivity (Wildman–Crippen MR) is 110 cm³/mol. The highest BCUT2D eigenvalue weighted by Crippen LogP contribution is 2.46. The highest BCUT2D eigenvalue weighted by Gasteiger charge is 2.45. The fourth-order valence-corrected chi connectivity index (χ4v) is 3.41. The van der Waals surface area contributed by atoms with E-state index in [9.17, 15) is 4.79 Å². The second kappa shape index (κ2) is 7.21. The molecule has 8 heteroatoms. The molecule has 0 atom stereocenters. The molecule has 2 aromatic heterocycles. The molecule has 0 spiro atoms. The number of aliphatic hydroxyl groups is 1. The molecule has 0 saturated heterocycles. The van der Waals surface area contributed by atoms with Crippen molar-refractivity contribution < 1.29 is 9.90 Å². The molecule has 1 aromatic carbocycles. The minimum Gasteiger partial charge on any atom is -0.395 e. The summed E-state index contributed by atoms with van der Waals surface area (Å²) in [4.78, 5) is 32.1. The second-order valence-corrected chi connectivity index (χ2v) is 7.43. The van der Waals surface area contributed by atoms with Gasteiger partial charge in [-0.15, -0.1) is 0 Å². The summed E-state index contributed by atoms with van der Waals surface area (Å²) < 4.78 is 0. The van der Waals surface area contributed by atoms with Crippen LogP contribution in [0.4, 0.5) is 17.3 Å². The van der Waals surface area contributed by atoms with Gasteiger partial charge in [-0.05, 0) is 38.0 Å². The maximum atomic E-state index is 13.2. The van der Waals surface area contributed by atoms with Crippen LogP contribution in [0.15, 0.2) is 43.0 Å². The SMILES string of the molecule is Cc1ncc(-c2ccc3c(c2)N(c2cnc(NCCO)cn2)C(=O)C3(C)C)cn1. The van der Waals surface area contributed by atoms with Crippen molar-refractivity contribution in [1.29, 1.82) is 0 Å². The number of carbonyl (C=O) groups is 1. The van der Waals surface area contributed by atoms with E-state index in [0.29, 0.717) is 24.0 Å². The number of aryl methyl sites for hydroxylation is 1. The molecular formula is C21H22N6O2. The molecule has 0 radical (unpaired) electrons. The number of nitrogens with one attached hydrogen (secondary N) is 1. The van der Waals surface area contributed by atoms with Gasteiger partial charge in [0.1, 0.15) is 11.6 Å². The Hall–Kier alpha value is -3.39. The third kappa shape index (κ3) is 3.31. The van der Waals surface area contributed by atoms with Crippen molar-refractivity contribution >= 4 is 23.2 Å². The van der Waals surface area contributed by atoms with Crippen LogP contribution in [0, 0.1) is 6.92 Å². The maximum absolute atomic E-state index is 13.2. The summed E-state index contributed by atoms with van der Waals surface area (Å²) >= 11 is 0. The zero-order chi connectivity index (χ0) is 20.6. The number of aliphatic hydroxyl groups excluding tert-OH is 1. The third-order valence-electron chi connectivity index (χ3n) is 5.05. The third-order valence-corrected chi connectivity index (χ3v) is 5.05. The summed E-state index contributed by atoms with van der Waals surface area (Å²) in [5, 5.41) is 11.9. The number of aromatic nitrogens is 4. The molecule has 8 nitrogen and oxygen atoms in total. The van der Waals surface area contributed by atoms with Crippen molar-refractivity contribution in [3.63, 3.8) is 0 Å². The normalized spacial score (nSPS) is 14.8. The molecule has 0 bridgehead atoms. The van der Waals surface area contributed by atoms with Gasteiger partial charge in [0, 0.05) is 24.5 Å². The van der Waals surface area contributed by atoms with Crippen LogP contribution in [0.1, 0.15) is 25.2 Å². The van der Waals surface area contributed by atoms with E-state index in [0.717, 1.165) is 22.4 Å². The molecule has 1 amide bonds. The number of carbonyl (C=O) groups excluding carboxylic acids is 1. The number of amides is 1.